The summed E-state index contributed by atoms with van der Waals surface area (Å²) in [7, 11) is 0. The first-order valence-corrected chi connectivity index (χ1v) is 2.14. The van der Waals surface area contributed by atoms with Gasteiger partial charge in [0.1, 0.15) is 5.82 Å². The molecule has 7 heavy (non-hydrogen) atoms. The lowest BCUT2D eigenvalue weighted by molar-refractivity contribution is 1.03. The molecule has 38 valence electrons. The second-order valence-electron chi connectivity index (χ2n) is 1.13. The molecule has 3 nitrogen and oxygen atoms in total. The number of nitrogen functional groups attached to an aromatic ring is 1. The van der Waals surface area contributed by atoms with Crippen LogP contribution in [-0.2, 0) is 12.8 Å². The lowest BCUT2D eigenvalue weighted by Crippen LogP contribution is -1.94. The summed E-state index contributed by atoms with van der Waals surface area (Å²) in [6.07, 6.45) is 1.56. The van der Waals surface area contributed by atoms with E-state index in [1.807, 2.05) is 0 Å². The van der Waals surface area contributed by atoms with Crippen molar-refractivity contribution in [2.24, 2.45) is 0 Å². The molecule has 0 saturated heterocycles. The smallest absolute Gasteiger partial charge is 0.101 e. The lowest BCUT2D eigenvalue weighted by atomic mass is 10.7. The number of aromatic nitrogens is 2. The van der Waals surface area contributed by atoms with Gasteiger partial charge in [-0.2, -0.15) is 0 Å². The SMILES string of the molecule is Nc1ccnn1[S-]. The molecule has 0 aromatic carbocycles. The van der Waals surface area contributed by atoms with E-state index >= 15 is 0 Å². The highest BCUT2D eigenvalue weighted by Crippen LogP contribution is 1.93. The molecule has 0 saturated carbocycles. The van der Waals surface area contributed by atoms with Crippen molar-refractivity contribution in [3.63, 3.8) is 0 Å². The van der Waals surface area contributed by atoms with E-state index in [1.165, 1.54) is 4.09 Å². The molecule has 2 N–H and O–H groups in total. The standard InChI is InChI=1S/C3H4N3S/c4-3-1-2-5-6(3)7/h1-2H,4H2/q-1. The maximum Gasteiger partial charge on any atom is 0.101 e. The number of nitrogens with zero attached hydrogens (tertiary/aromatic N) is 2. The van der Waals surface area contributed by atoms with Crippen molar-refractivity contribution < 1.29 is 0 Å². The summed E-state index contributed by atoms with van der Waals surface area (Å²) in [6, 6.07) is 1.65. The molecular formula is C3H4N3S-. The molecule has 0 radical (unpaired) electrons. The molecule has 0 aliphatic heterocycles. The number of nitrogens with two attached hydrogens (primary N) is 1. The first-order chi connectivity index (χ1) is 3.30. The van der Waals surface area contributed by atoms with Gasteiger partial charge in [0.15, 0.2) is 0 Å². The molecule has 0 aliphatic rings. The van der Waals surface area contributed by atoms with Crippen LogP contribution in [0.5, 0.6) is 0 Å². The van der Waals surface area contributed by atoms with Crippen molar-refractivity contribution in [1.82, 2.24) is 9.19 Å². The van der Waals surface area contributed by atoms with Gasteiger partial charge in [0.25, 0.3) is 0 Å². The first kappa shape index (κ1) is 4.39. The fourth-order valence-electron chi connectivity index (χ4n) is 0.301. The molecule has 1 heterocycles. The Hall–Kier alpha value is -0.770. The Labute approximate surface area is 46.7 Å². The highest BCUT2D eigenvalue weighted by molar-refractivity contribution is 7.56. The minimum atomic E-state index is 0.509. The van der Waals surface area contributed by atoms with Crippen LogP contribution in [-0.4, -0.2) is 9.19 Å². The van der Waals surface area contributed by atoms with E-state index in [0.717, 1.165) is 0 Å². The summed E-state index contributed by atoms with van der Waals surface area (Å²) >= 11 is 4.57. The summed E-state index contributed by atoms with van der Waals surface area (Å²) in [6.45, 7) is 0. The fourth-order valence-corrected chi connectivity index (χ4v) is 0.416. The maximum absolute atomic E-state index is 5.24. The van der Waals surface area contributed by atoms with Gasteiger partial charge >= 0.3 is 0 Å². The predicted molar refractivity (Wildman–Crippen MR) is 29.4 cm³/mol. The molecule has 0 aliphatic carbocycles. The topological polar surface area (TPSA) is 43.8 Å². The summed E-state index contributed by atoms with van der Waals surface area (Å²) in [5.41, 5.74) is 5.24. The van der Waals surface area contributed by atoms with E-state index in [-0.39, 0.29) is 0 Å². The maximum atomic E-state index is 5.24. The molecule has 1 rings (SSSR count). The van der Waals surface area contributed by atoms with Gasteiger partial charge < -0.3 is 22.6 Å². The van der Waals surface area contributed by atoms with Gasteiger partial charge in [0.05, 0.1) is 0 Å². The highest BCUT2D eigenvalue weighted by atomic mass is 32.1. The van der Waals surface area contributed by atoms with Crippen LogP contribution in [0.3, 0.4) is 0 Å². The van der Waals surface area contributed by atoms with E-state index in [1.54, 1.807) is 12.3 Å². The van der Waals surface area contributed by atoms with Crippen LogP contribution >= 0.6 is 0 Å². The summed E-state index contributed by atoms with van der Waals surface area (Å²) in [5.74, 6) is 0.509. The zero-order valence-electron chi connectivity index (χ0n) is 3.53. The van der Waals surface area contributed by atoms with Gasteiger partial charge in [-0.15, -0.1) is 0 Å². The van der Waals surface area contributed by atoms with Crippen molar-refractivity contribution in [3.8, 4) is 0 Å². The first-order valence-electron chi connectivity index (χ1n) is 1.78. The van der Waals surface area contributed by atoms with Gasteiger partial charge in [-0.25, -0.2) is 5.10 Å². The van der Waals surface area contributed by atoms with Crippen molar-refractivity contribution in [3.05, 3.63) is 12.3 Å². The van der Waals surface area contributed by atoms with Crippen LogP contribution < -0.4 is 5.73 Å². The van der Waals surface area contributed by atoms with E-state index < -0.39 is 0 Å². The highest BCUT2D eigenvalue weighted by Gasteiger charge is 1.78. The van der Waals surface area contributed by atoms with Crippen molar-refractivity contribution in [1.29, 1.82) is 0 Å². The monoisotopic (exact) mass is 114 g/mol. The number of rotatable bonds is 0. The number of hydrogen-bond acceptors (Lipinski definition) is 3. The van der Waals surface area contributed by atoms with Gasteiger partial charge in [-0.05, 0) is 6.07 Å². The average Bonchev–Trinajstić information content (AvgIpc) is 1.91. The van der Waals surface area contributed by atoms with E-state index in [4.69, 9.17) is 5.73 Å². The summed E-state index contributed by atoms with van der Waals surface area (Å²) in [5, 5.41) is 3.62. The van der Waals surface area contributed by atoms with Gasteiger partial charge in [0, 0.05) is 6.20 Å². The van der Waals surface area contributed by atoms with Crippen molar-refractivity contribution >= 4 is 18.6 Å². The molecule has 1 aromatic rings. The quantitative estimate of drug-likeness (QED) is 0.474. The average molecular weight is 114 g/mol. The zero-order chi connectivity index (χ0) is 5.28. The Morgan fingerprint density at radius 3 is 2.71 bits per heavy atom. The molecule has 1 aromatic heterocycles. The molecule has 0 unspecified atom stereocenters. The Balaban J connectivity index is 3.12. The van der Waals surface area contributed by atoms with Gasteiger partial charge in [0.2, 0.25) is 0 Å². The van der Waals surface area contributed by atoms with Crippen LogP contribution in [0.1, 0.15) is 0 Å². The Morgan fingerprint density at radius 2 is 2.57 bits per heavy atom. The van der Waals surface area contributed by atoms with Crippen molar-refractivity contribution in [2.75, 3.05) is 5.73 Å². The Morgan fingerprint density at radius 1 is 1.86 bits per heavy atom. The second-order valence-corrected chi connectivity index (χ2v) is 1.47. The number of hydrogen-bond donors (Lipinski definition) is 1. The van der Waals surface area contributed by atoms with Crippen LogP contribution in [0.2, 0.25) is 0 Å². The molecule has 0 fully saturated rings. The van der Waals surface area contributed by atoms with Crippen molar-refractivity contribution in [2.45, 2.75) is 0 Å². The normalized spacial score (nSPS) is 9.14. The Kier molecular flexibility index (Phi) is 0.867. The lowest BCUT2D eigenvalue weighted by Gasteiger charge is -2.03. The van der Waals surface area contributed by atoms with E-state index in [2.05, 4.69) is 17.9 Å². The van der Waals surface area contributed by atoms with Gasteiger partial charge in [-0.3, -0.25) is 0 Å². The van der Waals surface area contributed by atoms with Crippen LogP contribution in [0.15, 0.2) is 12.3 Å². The third-order valence-corrected chi connectivity index (χ3v) is 0.943. The second kappa shape index (κ2) is 1.38. The molecule has 0 bridgehead atoms. The third kappa shape index (κ3) is 0.640. The zero-order valence-corrected chi connectivity index (χ0v) is 4.35. The minimum Gasteiger partial charge on any atom is -0.664 e. The van der Waals surface area contributed by atoms with E-state index in [9.17, 15) is 0 Å². The van der Waals surface area contributed by atoms with Crippen LogP contribution in [0.25, 0.3) is 0 Å². The molecule has 4 heteroatoms. The molecule has 0 atom stereocenters. The Bertz CT molecular complexity index is 142. The minimum absolute atomic E-state index is 0.509. The molecular weight excluding hydrogens is 110 g/mol. The largest absolute Gasteiger partial charge is 0.664 e. The van der Waals surface area contributed by atoms with Crippen LogP contribution in [0, 0.1) is 0 Å². The summed E-state index contributed by atoms with van der Waals surface area (Å²) in [4.78, 5) is 0. The predicted octanol–water partition coefficient (Wildman–Crippen LogP) is -0.225. The van der Waals surface area contributed by atoms with Gasteiger partial charge in [-0.1, -0.05) is 0 Å². The fraction of sp³-hybridized carbons (Fsp3) is 0. The molecule has 0 spiro atoms. The molecule has 0 amide bonds. The number of anilines is 1. The summed E-state index contributed by atoms with van der Waals surface area (Å²) < 4.78 is 1.19. The third-order valence-electron chi connectivity index (χ3n) is 0.638. The van der Waals surface area contributed by atoms with E-state index in [0.29, 0.717) is 5.82 Å². The van der Waals surface area contributed by atoms with Crippen LogP contribution in [0.4, 0.5) is 5.82 Å².